The number of piperidine rings is 1. The molecule has 2 aliphatic rings. The maximum Gasteiger partial charge on any atom is 0.391 e. The highest BCUT2D eigenvalue weighted by atomic mass is 35.5. The smallest absolute Gasteiger partial charge is 0.355 e. The van der Waals surface area contributed by atoms with E-state index < -0.39 is 12.1 Å². The molecule has 2 aromatic carbocycles. The van der Waals surface area contributed by atoms with E-state index in [-0.39, 0.29) is 25.9 Å². The van der Waals surface area contributed by atoms with E-state index in [2.05, 4.69) is 4.90 Å². The van der Waals surface area contributed by atoms with Gasteiger partial charge in [0.2, 0.25) is 5.95 Å². The molecular formula is C27H25Cl2F3N6S. The molecule has 0 N–H and O–H groups in total. The number of fused-ring (bicyclic) bond motifs is 1. The van der Waals surface area contributed by atoms with Crippen molar-refractivity contribution in [2.75, 3.05) is 47.5 Å². The highest BCUT2D eigenvalue weighted by molar-refractivity contribution is 7.99. The fourth-order valence-corrected chi connectivity index (χ4v) is 6.38. The molecule has 0 atom stereocenters. The zero-order valence-electron chi connectivity index (χ0n) is 20.8. The number of halogens is 5. The minimum Gasteiger partial charge on any atom is -0.355 e. The fraction of sp³-hybridized carbons (Fsp3) is 0.370. The Morgan fingerprint density at radius 3 is 2.18 bits per heavy atom. The summed E-state index contributed by atoms with van der Waals surface area (Å²) in [6.07, 6.45) is -4.17. The Morgan fingerprint density at radius 1 is 0.821 bits per heavy atom. The minimum absolute atomic E-state index is 0.0138. The maximum atomic E-state index is 13.4. The van der Waals surface area contributed by atoms with E-state index in [1.807, 2.05) is 51.6 Å². The molecule has 0 bridgehead atoms. The number of aromatic nitrogens is 4. The van der Waals surface area contributed by atoms with Gasteiger partial charge in [0.05, 0.1) is 10.9 Å². The van der Waals surface area contributed by atoms with Crippen molar-refractivity contribution < 1.29 is 13.2 Å². The largest absolute Gasteiger partial charge is 0.391 e. The summed E-state index contributed by atoms with van der Waals surface area (Å²) in [6.45, 7) is 2.05. The van der Waals surface area contributed by atoms with Crippen LogP contribution >= 0.6 is 35.0 Å². The van der Waals surface area contributed by atoms with Gasteiger partial charge >= 0.3 is 6.18 Å². The van der Waals surface area contributed by atoms with Crippen LogP contribution in [0.2, 0.25) is 10.0 Å². The molecule has 0 saturated carbocycles. The molecule has 0 unspecified atom stereocenters. The summed E-state index contributed by atoms with van der Waals surface area (Å²) in [7, 11) is 0. The molecule has 2 fully saturated rings. The van der Waals surface area contributed by atoms with Gasteiger partial charge in [0.15, 0.2) is 17.0 Å². The van der Waals surface area contributed by atoms with Gasteiger partial charge in [0, 0.05) is 54.0 Å². The molecule has 0 amide bonds. The van der Waals surface area contributed by atoms with Crippen LogP contribution < -0.4 is 9.80 Å². The van der Waals surface area contributed by atoms with E-state index >= 15 is 0 Å². The average molecular weight is 594 g/mol. The number of nitrogens with zero attached hydrogens (tertiary/aromatic N) is 6. The lowest BCUT2D eigenvalue weighted by molar-refractivity contribution is -0.179. The first kappa shape index (κ1) is 26.5. The molecule has 2 aliphatic heterocycles. The second kappa shape index (κ2) is 10.7. The summed E-state index contributed by atoms with van der Waals surface area (Å²) in [6, 6.07) is 14.8. The second-order valence-corrected chi connectivity index (χ2v) is 11.7. The van der Waals surface area contributed by atoms with Crippen molar-refractivity contribution in [1.29, 1.82) is 0 Å². The van der Waals surface area contributed by atoms with Crippen LogP contribution in [-0.4, -0.2) is 63.4 Å². The molecule has 12 heteroatoms. The Morgan fingerprint density at radius 2 is 1.51 bits per heavy atom. The van der Waals surface area contributed by atoms with Crippen LogP contribution in [-0.2, 0) is 0 Å². The van der Waals surface area contributed by atoms with Crippen molar-refractivity contribution in [2.45, 2.75) is 19.0 Å². The van der Waals surface area contributed by atoms with Crippen LogP contribution in [0.3, 0.4) is 0 Å². The lowest BCUT2D eigenvalue weighted by Crippen LogP contribution is -2.40. The molecule has 4 aromatic rings. The Labute approximate surface area is 238 Å². The second-order valence-electron chi connectivity index (χ2n) is 9.65. The van der Waals surface area contributed by atoms with Crippen LogP contribution in [0.4, 0.5) is 24.9 Å². The molecule has 4 heterocycles. The first-order valence-corrected chi connectivity index (χ1v) is 14.7. The van der Waals surface area contributed by atoms with Crippen LogP contribution in [0.1, 0.15) is 12.8 Å². The summed E-state index contributed by atoms with van der Waals surface area (Å²) in [5, 5.41) is 1.12. The van der Waals surface area contributed by atoms with Crippen molar-refractivity contribution in [3.63, 3.8) is 0 Å². The third-order valence-corrected chi connectivity index (χ3v) is 8.75. The predicted molar refractivity (Wildman–Crippen MR) is 153 cm³/mol. The minimum atomic E-state index is -4.20. The summed E-state index contributed by atoms with van der Waals surface area (Å²) in [4.78, 5) is 19.0. The Balaban J connectivity index is 1.56. The predicted octanol–water partition coefficient (Wildman–Crippen LogP) is 7.12. The first-order valence-electron chi connectivity index (χ1n) is 12.8. The van der Waals surface area contributed by atoms with Crippen molar-refractivity contribution >= 4 is 57.9 Å². The monoisotopic (exact) mass is 592 g/mol. The van der Waals surface area contributed by atoms with Crippen molar-refractivity contribution in [3.05, 3.63) is 58.6 Å². The quantitative estimate of drug-likeness (QED) is 0.251. The van der Waals surface area contributed by atoms with Gasteiger partial charge < -0.3 is 9.80 Å². The lowest BCUT2D eigenvalue weighted by Gasteiger charge is -2.34. The van der Waals surface area contributed by atoms with Crippen LogP contribution in [0.25, 0.3) is 28.2 Å². The molecule has 6 rings (SSSR count). The highest BCUT2D eigenvalue weighted by Gasteiger charge is 2.41. The van der Waals surface area contributed by atoms with Gasteiger partial charge in [0.25, 0.3) is 0 Å². The summed E-state index contributed by atoms with van der Waals surface area (Å²) < 4.78 is 42.2. The third-order valence-electron chi connectivity index (χ3n) is 7.23. The molecule has 39 heavy (non-hydrogen) atoms. The van der Waals surface area contributed by atoms with Gasteiger partial charge in [-0.2, -0.15) is 34.9 Å². The zero-order valence-corrected chi connectivity index (χ0v) is 23.2. The molecular weight excluding hydrogens is 568 g/mol. The van der Waals surface area contributed by atoms with Gasteiger partial charge in [0.1, 0.15) is 5.82 Å². The summed E-state index contributed by atoms with van der Waals surface area (Å²) in [5.74, 6) is 2.27. The van der Waals surface area contributed by atoms with Gasteiger partial charge in [-0.25, -0.2) is 4.98 Å². The van der Waals surface area contributed by atoms with Crippen molar-refractivity contribution in [1.82, 2.24) is 19.5 Å². The van der Waals surface area contributed by atoms with E-state index in [4.69, 9.17) is 38.2 Å². The Kier molecular flexibility index (Phi) is 7.28. The number of imidazole rings is 1. The first-order chi connectivity index (χ1) is 18.8. The molecule has 2 aromatic heterocycles. The molecule has 204 valence electrons. The van der Waals surface area contributed by atoms with E-state index in [9.17, 15) is 13.2 Å². The van der Waals surface area contributed by atoms with Gasteiger partial charge in [-0.1, -0.05) is 35.3 Å². The molecule has 0 spiro atoms. The zero-order chi connectivity index (χ0) is 27.1. The summed E-state index contributed by atoms with van der Waals surface area (Å²) >= 11 is 14.7. The van der Waals surface area contributed by atoms with Gasteiger partial charge in [-0.15, -0.1) is 0 Å². The lowest BCUT2D eigenvalue weighted by atomic mass is 9.96. The van der Waals surface area contributed by atoms with Gasteiger partial charge in [-0.05, 0) is 49.2 Å². The Bertz CT molecular complexity index is 1480. The topological polar surface area (TPSA) is 50.1 Å². The summed E-state index contributed by atoms with van der Waals surface area (Å²) in [5.41, 5.74) is 2.60. The number of anilines is 2. The number of benzene rings is 2. The molecule has 6 nitrogen and oxygen atoms in total. The molecule has 2 saturated heterocycles. The van der Waals surface area contributed by atoms with E-state index in [0.29, 0.717) is 44.4 Å². The number of hydrogen-bond acceptors (Lipinski definition) is 6. The van der Waals surface area contributed by atoms with E-state index in [1.165, 1.54) is 0 Å². The fourth-order valence-electron chi connectivity index (χ4n) is 5.13. The molecule has 0 radical (unpaired) electrons. The Hall–Kier alpha value is -2.69. The van der Waals surface area contributed by atoms with Crippen LogP contribution in [0.15, 0.2) is 48.5 Å². The highest BCUT2D eigenvalue weighted by Crippen LogP contribution is 2.39. The standard InChI is InChI=1S/C27H25Cl2F3N6S/c28-18-5-7-19(8-6-18)38-23(20-3-1-2-4-21(20)29)33-22-24(36-11-9-17(10-12-36)27(30,31)32)34-26(35-25(22)38)37-13-15-39-16-14-37/h1-8,17H,9-16H2. The van der Waals surface area contributed by atoms with E-state index in [0.717, 1.165) is 30.3 Å². The maximum absolute atomic E-state index is 13.4. The van der Waals surface area contributed by atoms with Crippen molar-refractivity contribution in [2.24, 2.45) is 5.92 Å². The third kappa shape index (κ3) is 5.26. The number of alkyl halides is 3. The van der Waals surface area contributed by atoms with Crippen molar-refractivity contribution in [3.8, 4) is 17.1 Å². The number of thioether (sulfide) groups is 1. The van der Waals surface area contributed by atoms with Crippen LogP contribution in [0.5, 0.6) is 0 Å². The molecule has 0 aliphatic carbocycles. The van der Waals surface area contributed by atoms with E-state index in [1.54, 1.807) is 18.2 Å². The van der Waals surface area contributed by atoms with Crippen LogP contribution in [0, 0.1) is 5.92 Å². The number of hydrogen-bond donors (Lipinski definition) is 0. The van der Waals surface area contributed by atoms with Gasteiger partial charge in [-0.3, -0.25) is 4.57 Å². The average Bonchev–Trinajstić information content (AvgIpc) is 3.32. The SMILES string of the molecule is FC(F)(F)C1CCN(c2nc(N3CCSCC3)nc3c2nc(-c2ccccc2Cl)n3-c2ccc(Cl)cc2)CC1. The number of rotatable bonds is 4. The normalized spacial score (nSPS) is 17.3.